The van der Waals surface area contributed by atoms with E-state index in [1.807, 2.05) is 18.3 Å². The summed E-state index contributed by atoms with van der Waals surface area (Å²) in [7, 11) is 0. The van der Waals surface area contributed by atoms with E-state index in [0.29, 0.717) is 5.92 Å². The lowest BCUT2D eigenvalue weighted by Gasteiger charge is -2.25. The van der Waals surface area contributed by atoms with E-state index in [1.165, 1.54) is 0 Å². The fourth-order valence-corrected chi connectivity index (χ4v) is 2.54. The highest BCUT2D eigenvalue weighted by atomic mass is 32.1. The molecule has 0 aromatic carbocycles. The van der Waals surface area contributed by atoms with Gasteiger partial charge in [-0.3, -0.25) is 9.88 Å². The van der Waals surface area contributed by atoms with Crippen molar-refractivity contribution in [3.05, 3.63) is 30.1 Å². The number of hydrogen-bond acceptors (Lipinski definition) is 3. The fourth-order valence-electron chi connectivity index (χ4n) is 2.09. The zero-order valence-corrected chi connectivity index (χ0v) is 13.2. The van der Waals surface area contributed by atoms with Gasteiger partial charge in [-0.1, -0.05) is 46.0 Å². The van der Waals surface area contributed by atoms with Gasteiger partial charge in [0.05, 0.1) is 23.3 Å². The number of rotatable bonds is 7. The van der Waals surface area contributed by atoms with Gasteiger partial charge in [0.25, 0.3) is 0 Å². The normalized spacial score (nSPS) is 12.7. The van der Waals surface area contributed by atoms with Crippen molar-refractivity contribution in [2.24, 2.45) is 5.92 Å². The summed E-state index contributed by atoms with van der Waals surface area (Å²) in [5, 5.41) is 3.38. The Morgan fingerprint density at radius 1 is 1.32 bits per heavy atom. The summed E-state index contributed by atoms with van der Waals surface area (Å²) in [4.78, 5) is 7.64. The van der Waals surface area contributed by atoms with Crippen molar-refractivity contribution in [3.63, 3.8) is 0 Å². The number of hydrogen-bond donors (Lipinski definition) is 1. The molecular weight excluding hydrogens is 254 g/mol. The molecule has 0 saturated heterocycles. The molecule has 0 amide bonds. The highest BCUT2D eigenvalue weighted by Gasteiger charge is 2.21. The molecule has 1 heterocycles. The van der Waals surface area contributed by atoms with Crippen molar-refractivity contribution in [2.75, 3.05) is 19.8 Å². The van der Waals surface area contributed by atoms with Gasteiger partial charge in [-0.15, -0.1) is 0 Å². The van der Waals surface area contributed by atoms with Gasteiger partial charge in [-0.25, -0.2) is 0 Å². The topological polar surface area (TPSA) is 28.2 Å². The van der Waals surface area contributed by atoms with Crippen molar-refractivity contribution in [1.29, 1.82) is 0 Å². The zero-order valence-electron chi connectivity index (χ0n) is 12.4. The van der Waals surface area contributed by atoms with Crippen LogP contribution in [-0.4, -0.2) is 34.6 Å². The molecule has 0 aliphatic carbocycles. The fraction of sp³-hybridized carbons (Fsp3) is 0.600. The van der Waals surface area contributed by atoms with Gasteiger partial charge in [0.1, 0.15) is 0 Å². The highest BCUT2D eigenvalue weighted by Crippen LogP contribution is 2.23. The molecule has 0 radical (unpaired) electrons. The summed E-state index contributed by atoms with van der Waals surface area (Å²) >= 11 is 5.57. The monoisotopic (exact) mass is 279 g/mol. The molecule has 19 heavy (non-hydrogen) atoms. The average Bonchev–Trinajstić information content (AvgIpc) is 2.41. The molecule has 1 atom stereocenters. The minimum atomic E-state index is 0.187. The highest BCUT2D eigenvalue weighted by molar-refractivity contribution is 7.80. The second-order valence-corrected chi connectivity index (χ2v) is 5.42. The van der Waals surface area contributed by atoms with Gasteiger partial charge < -0.3 is 5.32 Å². The van der Waals surface area contributed by atoms with Crippen LogP contribution in [0.2, 0.25) is 0 Å². The number of pyridine rings is 1. The molecule has 1 aromatic rings. The zero-order chi connectivity index (χ0) is 14.3. The Kier molecular flexibility index (Phi) is 6.95. The van der Waals surface area contributed by atoms with E-state index in [-0.39, 0.29) is 5.92 Å². The molecule has 0 spiro atoms. The average molecular weight is 279 g/mol. The molecule has 0 fully saturated rings. The summed E-state index contributed by atoms with van der Waals surface area (Å²) in [5.74, 6) is 0.623. The minimum Gasteiger partial charge on any atom is -0.366 e. The first-order valence-electron chi connectivity index (χ1n) is 7.01. The lowest BCUT2D eigenvalue weighted by Crippen LogP contribution is -2.40. The SMILES string of the molecule is CCN(CC)CNC(=S)C(c1ccccn1)C(C)C. The first kappa shape index (κ1) is 16.1. The molecule has 0 aliphatic rings. The van der Waals surface area contributed by atoms with Crippen molar-refractivity contribution >= 4 is 17.2 Å². The predicted octanol–water partition coefficient (Wildman–Crippen LogP) is 3.04. The van der Waals surface area contributed by atoms with E-state index >= 15 is 0 Å². The Balaban J connectivity index is 2.70. The van der Waals surface area contributed by atoms with E-state index in [1.54, 1.807) is 0 Å². The van der Waals surface area contributed by atoms with Gasteiger partial charge in [-0.2, -0.15) is 0 Å². The first-order valence-corrected chi connectivity index (χ1v) is 7.41. The van der Waals surface area contributed by atoms with Crippen LogP contribution in [0, 0.1) is 5.92 Å². The van der Waals surface area contributed by atoms with Crippen LogP contribution in [0.5, 0.6) is 0 Å². The molecule has 0 bridgehead atoms. The van der Waals surface area contributed by atoms with Crippen LogP contribution in [-0.2, 0) is 0 Å². The largest absolute Gasteiger partial charge is 0.366 e. The Hall–Kier alpha value is -1.00. The molecule has 1 aromatic heterocycles. The molecule has 1 rings (SSSR count). The Labute approximate surface area is 122 Å². The van der Waals surface area contributed by atoms with E-state index in [4.69, 9.17) is 12.2 Å². The van der Waals surface area contributed by atoms with Crippen LogP contribution in [0.25, 0.3) is 0 Å². The van der Waals surface area contributed by atoms with E-state index in [9.17, 15) is 0 Å². The van der Waals surface area contributed by atoms with Gasteiger partial charge >= 0.3 is 0 Å². The summed E-state index contributed by atoms with van der Waals surface area (Å²) < 4.78 is 0. The van der Waals surface area contributed by atoms with Crippen LogP contribution in [0.3, 0.4) is 0 Å². The number of thiocarbonyl (C=S) groups is 1. The first-order chi connectivity index (χ1) is 9.10. The molecular formula is C15H25N3S. The van der Waals surface area contributed by atoms with E-state index in [2.05, 4.69) is 49.0 Å². The quantitative estimate of drug-likeness (QED) is 0.613. The minimum absolute atomic E-state index is 0.187. The summed E-state index contributed by atoms with van der Waals surface area (Å²) in [6.45, 7) is 11.6. The van der Waals surface area contributed by atoms with Crippen molar-refractivity contribution < 1.29 is 0 Å². The third-order valence-electron chi connectivity index (χ3n) is 3.33. The Morgan fingerprint density at radius 2 is 2.00 bits per heavy atom. The Morgan fingerprint density at radius 3 is 2.47 bits per heavy atom. The molecule has 0 aliphatic heterocycles. The smallest absolute Gasteiger partial charge is 0.0857 e. The molecule has 3 nitrogen and oxygen atoms in total. The van der Waals surface area contributed by atoms with Gasteiger partial charge in [0.15, 0.2) is 0 Å². The van der Waals surface area contributed by atoms with Crippen LogP contribution in [0.1, 0.15) is 39.3 Å². The van der Waals surface area contributed by atoms with Crippen LogP contribution >= 0.6 is 12.2 Å². The summed E-state index contributed by atoms with van der Waals surface area (Å²) in [6, 6.07) is 6.01. The van der Waals surface area contributed by atoms with Crippen LogP contribution in [0.15, 0.2) is 24.4 Å². The maximum atomic E-state index is 5.57. The maximum Gasteiger partial charge on any atom is 0.0857 e. The molecule has 1 N–H and O–H groups in total. The standard InChI is InChI=1S/C15H25N3S/c1-5-18(6-2)11-17-15(19)14(12(3)4)13-9-7-8-10-16-13/h7-10,12,14H,5-6,11H2,1-4H3,(H,17,19). The van der Waals surface area contributed by atoms with Crippen LogP contribution < -0.4 is 5.32 Å². The van der Waals surface area contributed by atoms with Crippen LogP contribution in [0.4, 0.5) is 0 Å². The Bertz CT molecular complexity index is 374. The molecule has 106 valence electrons. The molecule has 1 unspecified atom stereocenters. The van der Waals surface area contributed by atoms with Gasteiger partial charge in [0, 0.05) is 6.20 Å². The summed E-state index contributed by atoms with van der Waals surface area (Å²) in [6.07, 6.45) is 1.83. The molecule has 0 saturated carbocycles. The van der Waals surface area contributed by atoms with Gasteiger partial charge in [-0.05, 0) is 31.1 Å². The third-order valence-corrected chi connectivity index (χ3v) is 3.73. The van der Waals surface area contributed by atoms with E-state index < -0.39 is 0 Å². The van der Waals surface area contributed by atoms with Crippen molar-refractivity contribution in [2.45, 2.75) is 33.6 Å². The number of nitrogens with one attached hydrogen (secondary N) is 1. The second kappa shape index (κ2) is 8.23. The third kappa shape index (κ3) is 4.88. The van der Waals surface area contributed by atoms with Crippen molar-refractivity contribution in [3.8, 4) is 0 Å². The maximum absolute atomic E-state index is 5.57. The van der Waals surface area contributed by atoms with E-state index in [0.717, 1.165) is 30.4 Å². The number of nitrogens with zero attached hydrogens (tertiary/aromatic N) is 2. The lowest BCUT2D eigenvalue weighted by molar-refractivity contribution is 0.297. The molecule has 4 heteroatoms. The lowest BCUT2D eigenvalue weighted by atomic mass is 9.92. The summed E-state index contributed by atoms with van der Waals surface area (Å²) in [5.41, 5.74) is 1.05. The predicted molar refractivity (Wildman–Crippen MR) is 85.3 cm³/mol. The second-order valence-electron chi connectivity index (χ2n) is 4.98. The van der Waals surface area contributed by atoms with Gasteiger partial charge in [0.2, 0.25) is 0 Å². The van der Waals surface area contributed by atoms with Crippen molar-refractivity contribution in [1.82, 2.24) is 15.2 Å². The number of aromatic nitrogens is 1.